The summed E-state index contributed by atoms with van der Waals surface area (Å²) in [7, 11) is 2.09. The van der Waals surface area contributed by atoms with Gasteiger partial charge < -0.3 is 15.0 Å². The summed E-state index contributed by atoms with van der Waals surface area (Å²) < 4.78 is 37.0. The summed E-state index contributed by atoms with van der Waals surface area (Å²) in [5.74, 6) is -0.435. The molecule has 6 rings (SSSR count). The third-order valence-electron chi connectivity index (χ3n) is 7.42. The quantitative estimate of drug-likeness (QED) is 0.351. The van der Waals surface area contributed by atoms with Crippen LogP contribution in [0.5, 0.6) is 0 Å². The van der Waals surface area contributed by atoms with Crippen LogP contribution in [0.2, 0.25) is 5.02 Å². The lowest BCUT2D eigenvalue weighted by atomic mass is 9.94. The van der Waals surface area contributed by atoms with Gasteiger partial charge in [0.2, 0.25) is 0 Å². The van der Waals surface area contributed by atoms with Crippen molar-refractivity contribution in [3.63, 3.8) is 0 Å². The smallest absolute Gasteiger partial charge is 0.163 e. The molecule has 3 fully saturated rings. The van der Waals surface area contributed by atoms with Crippen molar-refractivity contribution in [1.29, 1.82) is 0 Å². The van der Waals surface area contributed by atoms with Crippen LogP contribution in [-0.4, -0.2) is 71.0 Å². The van der Waals surface area contributed by atoms with Crippen LogP contribution >= 0.6 is 32.3 Å². The summed E-state index contributed by atoms with van der Waals surface area (Å²) >= 11 is 5.55. The molecular weight excluding hydrogens is 611 g/mol. The van der Waals surface area contributed by atoms with Crippen molar-refractivity contribution in [2.24, 2.45) is 4.99 Å². The predicted octanol–water partition coefficient (Wildman–Crippen LogP) is 4.81. The van der Waals surface area contributed by atoms with Gasteiger partial charge in [0.1, 0.15) is 11.6 Å². The average Bonchev–Trinajstić information content (AvgIpc) is 3.54. The molecule has 2 aromatic carbocycles. The molecule has 37 heavy (non-hydrogen) atoms. The van der Waals surface area contributed by atoms with E-state index in [1.807, 2.05) is 13.0 Å². The molecule has 2 N–H and O–H groups in total. The molecule has 0 spiro atoms. The van der Waals surface area contributed by atoms with Gasteiger partial charge in [-0.15, -0.1) is 0 Å². The second kappa shape index (κ2) is 10.4. The van der Waals surface area contributed by atoms with E-state index in [-0.39, 0.29) is 61.8 Å². The van der Waals surface area contributed by atoms with Crippen LogP contribution in [0, 0.1) is 18.6 Å². The summed E-state index contributed by atoms with van der Waals surface area (Å²) in [4.78, 5) is 9.57. The van der Waals surface area contributed by atoms with E-state index < -0.39 is 0 Å². The average molecular weight is 640 g/mol. The largest absolute Gasteiger partial charge is 0.337 e. The Morgan fingerprint density at radius 2 is 2.03 bits per heavy atom. The Bertz CT molecular complexity index is 1320. The molecule has 6 nitrogen and oxygen atoms in total. The zero-order valence-electron chi connectivity index (χ0n) is 20.6. The summed E-state index contributed by atoms with van der Waals surface area (Å²) in [6, 6.07) is 10.1. The van der Waals surface area contributed by atoms with Crippen LogP contribution in [0.1, 0.15) is 23.5 Å². The molecule has 4 heterocycles. The van der Waals surface area contributed by atoms with Crippen LogP contribution in [0.3, 0.4) is 0 Å². The van der Waals surface area contributed by atoms with E-state index in [1.54, 1.807) is 18.2 Å². The van der Waals surface area contributed by atoms with Gasteiger partial charge in [-0.1, -0.05) is 17.7 Å². The topological polar surface area (TPSA) is 55.4 Å². The first-order chi connectivity index (χ1) is 17.8. The van der Waals surface area contributed by atoms with E-state index in [9.17, 15) is 8.78 Å². The maximum absolute atomic E-state index is 14.1. The van der Waals surface area contributed by atoms with Gasteiger partial charge in [-0.3, -0.25) is 10.2 Å². The van der Waals surface area contributed by atoms with Crippen LogP contribution < -0.4 is 10.6 Å². The van der Waals surface area contributed by atoms with E-state index >= 15 is 0 Å². The maximum Gasteiger partial charge on any atom is 0.163 e. The molecule has 4 aliphatic rings. The van der Waals surface area contributed by atoms with Gasteiger partial charge >= 0.3 is 0 Å². The normalized spacial score (nSPS) is 28.1. The highest BCUT2D eigenvalue weighted by atomic mass is 127. The molecular formula is C27H29ClF2IN5O. The Labute approximate surface area is 230 Å². The molecule has 0 bridgehead atoms. The highest BCUT2D eigenvalue weighted by molar-refractivity contribution is 14.2. The van der Waals surface area contributed by atoms with Crippen molar-refractivity contribution in [2.45, 2.75) is 37.8 Å². The molecule has 0 aromatic heterocycles. The summed E-state index contributed by atoms with van der Waals surface area (Å²) in [5, 5.41) is 7.26. The first-order valence-corrected chi connectivity index (χ1v) is 15.1. The number of hydrogen-bond acceptors (Lipinski definition) is 6. The van der Waals surface area contributed by atoms with Crippen LogP contribution in [0.25, 0.3) is 0 Å². The number of ether oxygens (including phenoxy) is 1. The first kappa shape index (κ1) is 25.5. The van der Waals surface area contributed by atoms with Crippen molar-refractivity contribution < 1.29 is 13.5 Å². The molecule has 0 radical (unpaired) electrons. The first-order valence-electron chi connectivity index (χ1n) is 12.4. The minimum atomic E-state index is -0.374. The fourth-order valence-electron chi connectivity index (χ4n) is 5.38. The number of fused-ring (bicyclic) bond motifs is 1. The molecule has 3 saturated heterocycles. The predicted molar refractivity (Wildman–Crippen MR) is 153 cm³/mol. The molecule has 2 aromatic rings. The fourth-order valence-corrected chi connectivity index (χ4v) is 7.72. The highest BCUT2D eigenvalue weighted by Gasteiger charge is 2.48. The van der Waals surface area contributed by atoms with E-state index in [1.165, 1.54) is 17.7 Å². The Balaban J connectivity index is 1.09. The number of nitrogens with one attached hydrogen (secondary N) is 2. The van der Waals surface area contributed by atoms with Gasteiger partial charge in [-0.05, 0) is 92.2 Å². The van der Waals surface area contributed by atoms with Crippen LogP contribution in [0.4, 0.5) is 14.5 Å². The summed E-state index contributed by atoms with van der Waals surface area (Å²) in [6.07, 6.45) is 0.916. The number of epoxide rings is 1. The van der Waals surface area contributed by atoms with E-state index in [4.69, 9.17) is 21.3 Å². The molecule has 0 saturated carbocycles. The maximum atomic E-state index is 14.1. The molecule has 4 aliphatic heterocycles. The highest BCUT2D eigenvalue weighted by Crippen LogP contribution is 2.34. The second-order valence-electron chi connectivity index (χ2n) is 10.1. The Morgan fingerprint density at radius 1 is 1.16 bits per heavy atom. The number of nitrogens with zero attached hydrogens (tertiary/aromatic N) is 3. The molecule has 196 valence electrons. The van der Waals surface area contributed by atoms with Gasteiger partial charge in [-0.2, -0.15) is 0 Å². The summed E-state index contributed by atoms with van der Waals surface area (Å²) in [6.45, 7) is 5.30. The number of anilines is 1. The van der Waals surface area contributed by atoms with Gasteiger partial charge in [0.15, 0.2) is 16.2 Å². The fraction of sp³-hybridized carbons (Fsp3) is 0.407. The zero-order chi connectivity index (χ0) is 25.7. The molecule has 0 aliphatic carbocycles. The van der Waals surface area contributed by atoms with Crippen molar-refractivity contribution in [3.8, 4) is 0 Å². The van der Waals surface area contributed by atoms with Crippen molar-refractivity contribution in [2.75, 3.05) is 38.5 Å². The number of piperidine rings is 1. The number of halogens is 4. The van der Waals surface area contributed by atoms with Gasteiger partial charge in [0, 0.05) is 43.8 Å². The van der Waals surface area contributed by atoms with Crippen LogP contribution in [0.15, 0.2) is 51.0 Å². The third kappa shape index (κ3) is 5.53. The SMILES string of the molecule is Cc1cc(F)ccc1NC1=IC=C2CCN(C3OC3NC3CN(C)C[C@H]3c3ccc(Cl)c(F)c3)CC2=N1. The lowest BCUT2D eigenvalue weighted by Crippen LogP contribution is -2.44. The third-order valence-corrected chi connectivity index (χ3v) is 9.89. The zero-order valence-corrected chi connectivity index (χ0v) is 23.6. The van der Waals surface area contributed by atoms with Crippen molar-refractivity contribution in [3.05, 3.63) is 73.8 Å². The monoisotopic (exact) mass is 639 g/mol. The molecule has 4 atom stereocenters. The van der Waals surface area contributed by atoms with E-state index in [0.717, 1.165) is 58.9 Å². The number of rotatable bonds is 6. The lowest BCUT2D eigenvalue weighted by molar-refractivity contribution is 0.192. The van der Waals surface area contributed by atoms with Crippen molar-refractivity contribution in [1.82, 2.24) is 15.1 Å². The van der Waals surface area contributed by atoms with Gasteiger partial charge in [0.25, 0.3) is 0 Å². The number of aliphatic imine (C=N–C) groups is 1. The minimum absolute atomic E-state index is 0.00476. The number of likely N-dealkylation sites (tertiary alicyclic amines) is 2. The van der Waals surface area contributed by atoms with Crippen LogP contribution in [-0.2, 0) is 4.74 Å². The molecule has 3 unspecified atom stereocenters. The second-order valence-corrected chi connectivity index (χ2v) is 12.8. The standard InChI is InChI=1S/C27H29ClF2IN5O/c1-15-9-18(29)4-6-22(15)33-27-31-11-17-7-8-36(14-23(17)34-27)26-25(37-26)32-24-13-35(2)12-19(24)16-3-5-20(28)21(30)10-16/h3-6,9-11,19,24-26,32H,7-8,12-14H2,1-2H3,(H,33,34)/t19-,24?,25?,26?/m0/s1. The minimum Gasteiger partial charge on any atom is -0.337 e. The number of likely N-dealkylation sites (N-methyl/N-ethyl adjacent to an activating group) is 1. The number of aryl methyl sites for hydroxylation is 1. The Kier molecular flexibility index (Phi) is 7.19. The molecule has 0 amide bonds. The van der Waals surface area contributed by atoms with Gasteiger partial charge in [-0.25, -0.2) is 13.8 Å². The van der Waals surface area contributed by atoms with E-state index in [0.29, 0.717) is 0 Å². The Morgan fingerprint density at radius 3 is 2.84 bits per heavy atom. The number of benzene rings is 2. The lowest BCUT2D eigenvalue weighted by Gasteiger charge is -2.30. The van der Waals surface area contributed by atoms with Gasteiger partial charge in [0.05, 0.1) is 10.7 Å². The summed E-state index contributed by atoms with van der Waals surface area (Å²) in [5.41, 5.74) is 5.16. The number of hydrogen-bond donors (Lipinski definition) is 2. The molecule has 10 heteroatoms. The van der Waals surface area contributed by atoms with Crippen molar-refractivity contribution >= 4 is 47.5 Å². The van der Waals surface area contributed by atoms with E-state index in [2.05, 4.69) is 31.6 Å². The Hall–Kier alpha value is -1.76.